The zero-order chi connectivity index (χ0) is 19.7. The molecule has 1 aromatic carbocycles. The van der Waals surface area contributed by atoms with Gasteiger partial charge < -0.3 is 9.88 Å². The number of imidazole rings is 1. The smallest absolute Gasteiger partial charge is 0.262 e. The Morgan fingerprint density at radius 3 is 2.61 bits per heavy atom. The minimum atomic E-state index is -3.72. The monoisotopic (exact) mass is 401 g/mol. The molecular weight excluding hydrogens is 381 g/mol. The summed E-state index contributed by atoms with van der Waals surface area (Å²) in [7, 11) is -1.99. The van der Waals surface area contributed by atoms with Crippen molar-refractivity contribution in [2.75, 3.05) is 18.4 Å². The molecule has 0 bridgehead atoms. The number of hydrogen-bond donors (Lipinski definition) is 1. The maximum absolute atomic E-state index is 13.4. The van der Waals surface area contributed by atoms with Gasteiger partial charge in [-0.15, -0.1) is 0 Å². The molecule has 0 spiro atoms. The molecule has 1 N–H and O–H groups in total. The summed E-state index contributed by atoms with van der Waals surface area (Å²) in [5.74, 6) is -0.462. The molecule has 0 amide bonds. The van der Waals surface area contributed by atoms with Crippen molar-refractivity contribution in [1.29, 1.82) is 0 Å². The van der Waals surface area contributed by atoms with Crippen molar-refractivity contribution in [3.05, 3.63) is 72.7 Å². The molecule has 3 aromatic rings. The molecule has 1 aliphatic heterocycles. The lowest BCUT2D eigenvalue weighted by Crippen LogP contribution is -2.32. The summed E-state index contributed by atoms with van der Waals surface area (Å²) in [4.78, 5) is 8.10. The Hall–Kier alpha value is -2.78. The first-order chi connectivity index (χ1) is 13.4. The first-order valence-corrected chi connectivity index (χ1v) is 10.3. The van der Waals surface area contributed by atoms with E-state index in [2.05, 4.69) is 15.3 Å². The number of anilines is 1. The van der Waals surface area contributed by atoms with Gasteiger partial charge in [-0.2, -0.15) is 4.31 Å². The largest absolute Gasteiger partial charge is 0.379 e. The van der Waals surface area contributed by atoms with Crippen LogP contribution in [0, 0.1) is 5.82 Å². The topological polar surface area (TPSA) is 80.1 Å². The maximum atomic E-state index is 13.4. The van der Waals surface area contributed by atoms with Gasteiger partial charge in [0.15, 0.2) is 5.03 Å². The molecule has 146 valence electrons. The molecule has 0 unspecified atom stereocenters. The molecular formula is C19H20FN5O2S. The van der Waals surface area contributed by atoms with E-state index in [4.69, 9.17) is 0 Å². The van der Waals surface area contributed by atoms with E-state index in [1.165, 1.54) is 29.0 Å². The summed E-state index contributed by atoms with van der Waals surface area (Å²) in [5.41, 5.74) is 1.68. The number of sulfonamides is 1. The molecule has 0 radical (unpaired) electrons. The highest BCUT2D eigenvalue weighted by Crippen LogP contribution is 2.33. The summed E-state index contributed by atoms with van der Waals surface area (Å²) < 4.78 is 42.5. The third-order valence-corrected chi connectivity index (χ3v) is 6.60. The van der Waals surface area contributed by atoms with Crippen molar-refractivity contribution >= 4 is 15.7 Å². The Morgan fingerprint density at radius 2 is 1.96 bits per heavy atom. The standard InChI is InChI=1S/C19H20FN5O2S/c1-24-12-19(22-13-24)28(26,27)25-10-17(14-4-6-15(20)7-5-14)18(11-25)23-16-3-2-8-21-9-16/h2-9,12-13,17-18,23H,10-11H2,1H3/t17-,18+/m1/s1. The van der Waals surface area contributed by atoms with Gasteiger partial charge in [-0.05, 0) is 29.8 Å². The molecule has 0 saturated carbocycles. The Labute approximate surface area is 162 Å². The zero-order valence-electron chi connectivity index (χ0n) is 15.2. The molecule has 1 fully saturated rings. The summed E-state index contributed by atoms with van der Waals surface area (Å²) in [6.45, 7) is 0.554. The lowest BCUT2D eigenvalue weighted by molar-refractivity contribution is 0.468. The molecule has 1 saturated heterocycles. The molecule has 4 rings (SSSR count). The Morgan fingerprint density at radius 1 is 1.18 bits per heavy atom. The molecule has 1 aliphatic rings. The zero-order valence-corrected chi connectivity index (χ0v) is 16.1. The number of rotatable bonds is 5. The quantitative estimate of drug-likeness (QED) is 0.709. The normalized spacial score (nSPS) is 20.4. The number of aryl methyl sites for hydroxylation is 1. The molecule has 28 heavy (non-hydrogen) atoms. The van der Waals surface area contributed by atoms with Crippen LogP contribution in [0.3, 0.4) is 0 Å². The summed E-state index contributed by atoms with van der Waals surface area (Å²) >= 11 is 0. The van der Waals surface area contributed by atoms with Gasteiger partial charge in [0.2, 0.25) is 0 Å². The van der Waals surface area contributed by atoms with Gasteiger partial charge in [-0.1, -0.05) is 12.1 Å². The summed E-state index contributed by atoms with van der Waals surface area (Å²) in [6, 6.07) is 9.70. The van der Waals surface area contributed by atoms with Crippen LogP contribution in [0.4, 0.5) is 10.1 Å². The van der Waals surface area contributed by atoms with Gasteiger partial charge in [0.05, 0.1) is 12.0 Å². The molecule has 0 aliphatic carbocycles. The van der Waals surface area contributed by atoms with E-state index in [1.54, 1.807) is 36.1 Å². The van der Waals surface area contributed by atoms with Crippen molar-refractivity contribution in [3.63, 3.8) is 0 Å². The van der Waals surface area contributed by atoms with Gasteiger partial charge in [-0.3, -0.25) is 4.98 Å². The number of aromatic nitrogens is 3. The Balaban J connectivity index is 1.65. The van der Waals surface area contributed by atoms with Gasteiger partial charge in [-0.25, -0.2) is 17.8 Å². The Kier molecular flexibility index (Phi) is 4.86. The third kappa shape index (κ3) is 3.63. The van der Waals surface area contributed by atoms with Crippen molar-refractivity contribution < 1.29 is 12.8 Å². The van der Waals surface area contributed by atoms with Gasteiger partial charge in [0, 0.05) is 50.7 Å². The van der Waals surface area contributed by atoms with Gasteiger partial charge >= 0.3 is 0 Å². The van der Waals surface area contributed by atoms with Crippen LogP contribution >= 0.6 is 0 Å². The SMILES string of the molecule is Cn1cnc(S(=O)(=O)N2C[C@H](Nc3cccnc3)[C@@H](c3ccc(F)cc3)C2)c1. The third-order valence-electron chi connectivity index (χ3n) is 4.88. The number of benzene rings is 1. The van der Waals surface area contributed by atoms with E-state index in [0.29, 0.717) is 0 Å². The predicted molar refractivity (Wildman–Crippen MR) is 103 cm³/mol. The maximum Gasteiger partial charge on any atom is 0.262 e. The molecule has 7 nitrogen and oxygen atoms in total. The molecule has 3 heterocycles. The lowest BCUT2D eigenvalue weighted by Gasteiger charge is -2.21. The molecule has 9 heteroatoms. The van der Waals surface area contributed by atoms with E-state index < -0.39 is 10.0 Å². The van der Waals surface area contributed by atoms with Gasteiger partial charge in [0.25, 0.3) is 10.0 Å². The van der Waals surface area contributed by atoms with E-state index in [9.17, 15) is 12.8 Å². The fraction of sp³-hybridized carbons (Fsp3) is 0.263. The fourth-order valence-electron chi connectivity index (χ4n) is 3.47. The molecule has 2 atom stereocenters. The second kappa shape index (κ2) is 7.33. The first kappa shape index (κ1) is 18.6. The average molecular weight is 401 g/mol. The van der Waals surface area contributed by atoms with Crippen LogP contribution < -0.4 is 5.32 Å². The summed E-state index contributed by atoms with van der Waals surface area (Å²) in [5, 5.41) is 3.40. The lowest BCUT2D eigenvalue weighted by atomic mass is 9.94. The number of halogens is 1. The fourth-order valence-corrected chi connectivity index (χ4v) is 4.93. The van der Waals surface area contributed by atoms with E-state index >= 15 is 0 Å². The van der Waals surface area contributed by atoms with Gasteiger partial charge in [0.1, 0.15) is 5.82 Å². The van der Waals surface area contributed by atoms with Crippen LogP contribution in [0.25, 0.3) is 0 Å². The van der Waals surface area contributed by atoms with E-state index in [0.717, 1.165) is 11.3 Å². The number of nitrogens with one attached hydrogen (secondary N) is 1. The van der Waals surface area contributed by atoms with Crippen LogP contribution in [0.2, 0.25) is 0 Å². The Bertz CT molecular complexity index is 1050. The van der Waals surface area contributed by atoms with E-state index in [1.807, 2.05) is 12.1 Å². The van der Waals surface area contributed by atoms with Crippen molar-refractivity contribution in [3.8, 4) is 0 Å². The van der Waals surface area contributed by atoms with Crippen molar-refractivity contribution in [1.82, 2.24) is 18.8 Å². The minimum absolute atomic E-state index is 0.0230. The van der Waals surface area contributed by atoms with Crippen molar-refractivity contribution in [2.24, 2.45) is 7.05 Å². The minimum Gasteiger partial charge on any atom is -0.379 e. The second-order valence-corrected chi connectivity index (χ2v) is 8.73. The average Bonchev–Trinajstić information content (AvgIpc) is 3.31. The van der Waals surface area contributed by atoms with Crippen LogP contribution in [0.5, 0.6) is 0 Å². The van der Waals surface area contributed by atoms with Crippen molar-refractivity contribution in [2.45, 2.75) is 17.0 Å². The van der Waals surface area contributed by atoms with Crippen LogP contribution in [0.1, 0.15) is 11.5 Å². The number of pyridine rings is 1. The number of nitrogens with zero attached hydrogens (tertiary/aromatic N) is 4. The highest BCUT2D eigenvalue weighted by molar-refractivity contribution is 7.89. The highest BCUT2D eigenvalue weighted by Gasteiger charge is 2.41. The van der Waals surface area contributed by atoms with Crippen LogP contribution in [-0.2, 0) is 17.1 Å². The molecule has 2 aromatic heterocycles. The van der Waals surface area contributed by atoms with Crippen LogP contribution in [0.15, 0.2) is 66.3 Å². The first-order valence-electron chi connectivity index (χ1n) is 8.83. The van der Waals surface area contributed by atoms with Crippen LogP contribution in [-0.4, -0.2) is 46.4 Å². The highest BCUT2D eigenvalue weighted by atomic mass is 32.2. The summed E-state index contributed by atoms with van der Waals surface area (Å²) in [6.07, 6.45) is 6.32. The predicted octanol–water partition coefficient (Wildman–Crippen LogP) is 2.22. The second-order valence-electron chi connectivity index (χ2n) is 6.85. The van der Waals surface area contributed by atoms with E-state index in [-0.39, 0.29) is 35.9 Å². The number of hydrogen-bond acceptors (Lipinski definition) is 5.